The molecule has 1 N–H and O–H groups in total. The van der Waals surface area contributed by atoms with E-state index in [9.17, 15) is 0 Å². The Hall–Kier alpha value is -2.31. The summed E-state index contributed by atoms with van der Waals surface area (Å²) in [6.45, 7) is 5.20. The number of nitriles is 1. The van der Waals surface area contributed by atoms with Gasteiger partial charge in [-0.1, -0.05) is 36.4 Å². The van der Waals surface area contributed by atoms with Crippen LogP contribution in [-0.2, 0) is 6.54 Å². The molecular weight excluding hydrogens is 260 g/mol. The lowest BCUT2D eigenvalue weighted by molar-refractivity contribution is 0.368. The van der Waals surface area contributed by atoms with Crippen LogP contribution in [-0.4, -0.2) is 6.61 Å². The molecule has 0 amide bonds. The second-order valence-electron chi connectivity index (χ2n) is 5.04. The number of aryl methyl sites for hydroxylation is 1. The molecule has 0 fully saturated rings. The highest BCUT2D eigenvalue weighted by molar-refractivity contribution is 5.30. The topological polar surface area (TPSA) is 45.0 Å². The van der Waals surface area contributed by atoms with Crippen molar-refractivity contribution in [2.24, 2.45) is 0 Å². The molecule has 3 heteroatoms. The fourth-order valence-corrected chi connectivity index (χ4v) is 2.16. The zero-order valence-electron chi connectivity index (χ0n) is 12.5. The minimum atomic E-state index is 0.0838. The Labute approximate surface area is 126 Å². The predicted molar refractivity (Wildman–Crippen MR) is 84.0 cm³/mol. The molecule has 1 unspecified atom stereocenters. The molecule has 0 aromatic heterocycles. The maximum absolute atomic E-state index is 8.49. The molecule has 0 bridgehead atoms. The van der Waals surface area contributed by atoms with Crippen LogP contribution in [0.5, 0.6) is 5.75 Å². The molecule has 108 valence electrons. The number of nitrogens with one attached hydrogen (secondary N) is 1. The number of hydrogen-bond donors (Lipinski definition) is 1. The molecule has 0 radical (unpaired) electrons. The van der Waals surface area contributed by atoms with E-state index in [2.05, 4.69) is 43.4 Å². The summed E-state index contributed by atoms with van der Waals surface area (Å²) in [7, 11) is 0. The monoisotopic (exact) mass is 280 g/mol. The molecule has 0 aliphatic carbocycles. The van der Waals surface area contributed by atoms with Crippen molar-refractivity contribution in [3.8, 4) is 11.8 Å². The molecule has 1 atom stereocenters. The van der Waals surface area contributed by atoms with Crippen molar-refractivity contribution in [1.82, 2.24) is 5.32 Å². The summed E-state index contributed by atoms with van der Waals surface area (Å²) in [5.41, 5.74) is 3.82. The van der Waals surface area contributed by atoms with Crippen molar-refractivity contribution in [1.29, 1.82) is 5.26 Å². The van der Waals surface area contributed by atoms with Gasteiger partial charge in [0.25, 0.3) is 0 Å². The minimum Gasteiger partial charge on any atom is -0.479 e. The standard InChI is InChI=1S/C18H20N2O/c1-14-5-3-4-6-17(14)13-20-15(2)16-7-9-18(10-8-16)21-12-11-19/h3-10,15,20H,12-13H2,1-2H3. The maximum atomic E-state index is 8.49. The van der Waals surface area contributed by atoms with Gasteiger partial charge in [-0.3, -0.25) is 0 Å². The first kappa shape index (κ1) is 15.1. The summed E-state index contributed by atoms with van der Waals surface area (Å²) in [6.07, 6.45) is 0. The lowest BCUT2D eigenvalue weighted by Crippen LogP contribution is -2.18. The van der Waals surface area contributed by atoms with Crippen molar-refractivity contribution in [2.45, 2.75) is 26.4 Å². The molecule has 0 aliphatic rings. The molecule has 21 heavy (non-hydrogen) atoms. The Morgan fingerprint density at radius 1 is 1.14 bits per heavy atom. The van der Waals surface area contributed by atoms with Crippen LogP contribution in [0.3, 0.4) is 0 Å². The average Bonchev–Trinajstić information content (AvgIpc) is 2.52. The van der Waals surface area contributed by atoms with E-state index in [-0.39, 0.29) is 12.6 Å². The van der Waals surface area contributed by atoms with Gasteiger partial charge in [-0.25, -0.2) is 0 Å². The third-order valence-electron chi connectivity index (χ3n) is 3.54. The maximum Gasteiger partial charge on any atom is 0.174 e. The van der Waals surface area contributed by atoms with E-state index >= 15 is 0 Å². The highest BCUT2D eigenvalue weighted by Crippen LogP contribution is 2.18. The Morgan fingerprint density at radius 2 is 1.86 bits per heavy atom. The van der Waals surface area contributed by atoms with Crippen LogP contribution in [0.1, 0.15) is 29.7 Å². The van der Waals surface area contributed by atoms with E-state index < -0.39 is 0 Å². The molecule has 0 saturated carbocycles. The van der Waals surface area contributed by atoms with Gasteiger partial charge >= 0.3 is 0 Å². The zero-order chi connectivity index (χ0) is 15.1. The molecule has 0 saturated heterocycles. The highest BCUT2D eigenvalue weighted by atomic mass is 16.5. The second kappa shape index (κ2) is 7.47. The van der Waals surface area contributed by atoms with Gasteiger partial charge in [0.2, 0.25) is 0 Å². The van der Waals surface area contributed by atoms with Crippen LogP contribution in [0.2, 0.25) is 0 Å². The van der Waals surface area contributed by atoms with Crippen LogP contribution in [0.25, 0.3) is 0 Å². The van der Waals surface area contributed by atoms with Gasteiger partial charge in [-0.2, -0.15) is 5.26 Å². The average molecular weight is 280 g/mol. The summed E-state index contributed by atoms with van der Waals surface area (Å²) in [5, 5.41) is 12.0. The summed E-state index contributed by atoms with van der Waals surface area (Å²) >= 11 is 0. The highest BCUT2D eigenvalue weighted by Gasteiger charge is 2.06. The van der Waals surface area contributed by atoms with Crippen molar-refractivity contribution in [2.75, 3.05) is 6.61 Å². The van der Waals surface area contributed by atoms with Gasteiger partial charge < -0.3 is 10.1 Å². The first-order valence-electron chi connectivity index (χ1n) is 7.08. The first-order valence-corrected chi connectivity index (χ1v) is 7.08. The quantitative estimate of drug-likeness (QED) is 0.876. The van der Waals surface area contributed by atoms with Gasteiger partial charge in [0.05, 0.1) is 0 Å². The lowest BCUT2D eigenvalue weighted by atomic mass is 10.1. The number of benzene rings is 2. The summed E-state index contributed by atoms with van der Waals surface area (Å²) in [5.74, 6) is 0.728. The van der Waals surface area contributed by atoms with Crippen molar-refractivity contribution < 1.29 is 4.74 Å². The van der Waals surface area contributed by atoms with Crippen LogP contribution in [0.4, 0.5) is 0 Å². The largest absolute Gasteiger partial charge is 0.479 e. The van der Waals surface area contributed by atoms with Gasteiger partial charge in [0.15, 0.2) is 6.61 Å². The Kier molecular flexibility index (Phi) is 5.36. The van der Waals surface area contributed by atoms with E-state index in [0.29, 0.717) is 0 Å². The zero-order valence-corrected chi connectivity index (χ0v) is 12.5. The lowest BCUT2D eigenvalue weighted by Gasteiger charge is -2.16. The van der Waals surface area contributed by atoms with E-state index in [0.717, 1.165) is 12.3 Å². The van der Waals surface area contributed by atoms with Crippen LogP contribution < -0.4 is 10.1 Å². The summed E-state index contributed by atoms with van der Waals surface area (Å²) in [6, 6.07) is 18.5. The third-order valence-corrected chi connectivity index (χ3v) is 3.54. The molecule has 3 nitrogen and oxygen atoms in total. The molecule has 2 rings (SSSR count). The van der Waals surface area contributed by atoms with Gasteiger partial charge in [-0.15, -0.1) is 0 Å². The Bertz CT molecular complexity index is 614. The molecule has 0 heterocycles. The normalized spacial score (nSPS) is 11.7. The summed E-state index contributed by atoms with van der Waals surface area (Å²) in [4.78, 5) is 0. The Morgan fingerprint density at radius 3 is 2.52 bits per heavy atom. The SMILES string of the molecule is Cc1ccccc1CNC(C)c1ccc(OCC#N)cc1. The number of hydrogen-bond acceptors (Lipinski definition) is 3. The number of nitrogens with zero attached hydrogens (tertiary/aromatic N) is 1. The molecule has 2 aromatic carbocycles. The fraction of sp³-hybridized carbons (Fsp3) is 0.278. The van der Waals surface area contributed by atoms with Gasteiger partial charge in [-0.05, 0) is 42.7 Å². The molecule has 0 aliphatic heterocycles. The molecular formula is C18H20N2O. The third kappa shape index (κ3) is 4.34. The van der Waals surface area contributed by atoms with Crippen LogP contribution >= 0.6 is 0 Å². The van der Waals surface area contributed by atoms with E-state index in [4.69, 9.17) is 10.00 Å². The summed E-state index contributed by atoms with van der Waals surface area (Å²) < 4.78 is 5.25. The van der Waals surface area contributed by atoms with Crippen molar-refractivity contribution in [3.63, 3.8) is 0 Å². The molecule has 2 aromatic rings. The van der Waals surface area contributed by atoms with Gasteiger partial charge in [0.1, 0.15) is 11.8 Å². The predicted octanol–water partition coefficient (Wildman–Crippen LogP) is 3.75. The molecule has 0 spiro atoms. The van der Waals surface area contributed by atoms with E-state index in [1.165, 1.54) is 16.7 Å². The smallest absolute Gasteiger partial charge is 0.174 e. The minimum absolute atomic E-state index is 0.0838. The van der Waals surface area contributed by atoms with E-state index in [1.54, 1.807) is 0 Å². The number of rotatable bonds is 6. The van der Waals surface area contributed by atoms with Crippen LogP contribution in [0, 0.1) is 18.3 Å². The van der Waals surface area contributed by atoms with Crippen molar-refractivity contribution in [3.05, 3.63) is 65.2 Å². The second-order valence-corrected chi connectivity index (χ2v) is 5.04. The Balaban J connectivity index is 1.93. The van der Waals surface area contributed by atoms with Crippen molar-refractivity contribution >= 4 is 0 Å². The van der Waals surface area contributed by atoms with Crippen LogP contribution in [0.15, 0.2) is 48.5 Å². The first-order chi connectivity index (χ1) is 10.2. The van der Waals surface area contributed by atoms with Gasteiger partial charge in [0, 0.05) is 12.6 Å². The van der Waals surface area contributed by atoms with E-state index in [1.807, 2.05) is 30.3 Å². The fourth-order valence-electron chi connectivity index (χ4n) is 2.16. The number of ether oxygens (including phenoxy) is 1.